The molecule has 2 aliphatic rings. The Morgan fingerprint density at radius 2 is 1.94 bits per heavy atom. The van der Waals surface area contributed by atoms with E-state index < -0.39 is 21.7 Å². The first-order valence-corrected chi connectivity index (χ1v) is 12.6. The van der Waals surface area contributed by atoms with Crippen LogP contribution >= 0.6 is 0 Å². The van der Waals surface area contributed by atoms with Gasteiger partial charge in [0, 0.05) is 13.1 Å². The second-order valence-corrected chi connectivity index (χ2v) is 10.8. The van der Waals surface area contributed by atoms with Crippen LogP contribution in [0, 0.1) is 12.3 Å². The van der Waals surface area contributed by atoms with Crippen molar-refractivity contribution in [3.63, 3.8) is 0 Å². The molecule has 11 nitrogen and oxygen atoms in total. The van der Waals surface area contributed by atoms with Crippen LogP contribution in [0.5, 0.6) is 5.75 Å². The molecule has 4 rings (SSSR count). The number of ether oxygens (including phenoxy) is 1. The molecule has 1 unspecified atom stereocenters. The maximum absolute atomic E-state index is 12.9. The van der Waals surface area contributed by atoms with Gasteiger partial charge in [-0.25, -0.2) is 4.72 Å². The number of para-hydroxylation sites is 1. The highest BCUT2D eigenvalue weighted by molar-refractivity contribution is 7.89. The highest BCUT2D eigenvalue weighted by Gasteiger charge is 2.34. The minimum absolute atomic E-state index is 0.0247. The Bertz CT molecular complexity index is 1290. The molecule has 0 bridgehead atoms. The predicted molar refractivity (Wildman–Crippen MR) is 131 cm³/mol. The fourth-order valence-electron chi connectivity index (χ4n) is 3.82. The first-order valence-electron chi connectivity index (χ1n) is 11.2. The summed E-state index contributed by atoms with van der Waals surface area (Å²) in [4.78, 5) is 19.1. The summed E-state index contributed by atoms with van der Waals surface area (Å²) in [6.45, 7) is 9.38. The monoisotopic (exact) mass is 503 g/mol. The first kappa shape index (κ1) is 24.7. The lowest BCUT2D eigenvalue weighted by Crippen LogP contribution is -2.40. The van der Waals surface area contributed by atoms with Crippen LogP contribution in [0.25, 0.3) is 0 Å². The molecule has 2 aliphatic heterocycles. The van der Waals surface area contributed by atoms with Crippen LogP contribution in [0.4, 0.5) is 5.69 Å². The number of morpholine rings is 1. The molecular formula is C23H29N5O6S. The zero-order chi connectivity index (χ0) is 25.4. The van der Waals surface area contributed by atoms with Gasteiger partial charge in [-0.1, -0.05) is 26.8 Å². The average molecular weight is 504 g/mol. The van der Waals surface area contributed by atoms with Crippen molar-refractivity contribution >= 4 is 33.5 Å². The summed E-state index contributed by atoms with van der Waals surface area (Å²) >= 11 is 0. The van der Waals surface area contributed by atoms with Gasteiger partial charge in [0.2, 0.25) is 0 Å². The van der Waals surface area contributed by atoms with Crippen LogP contribution in [0.15, 0.2) is 44.1 Å². The number of nitrogens with one attached hydrogen (secondary N) is 2. The molecule has 0 saturated carbocycles. The minimum Gasteiger partial charge on any atom is -0.505 e. The molecule has 0 aliphatic carbocycles. The summed E-state index contributed by atoms with van der Waals surface area (Å²) in [6.07, 6.45) is 0. The van der Waals surface area contributed by atoms with Crippen LogP contribution in [-0.4, -0.2) is 62.3 Å². The molecule has 2 aromatic rings. The number of carbonyl (C=O) groups is 1. The number of carbonyl (C=O) groups excluding carboxylic acids is 1. The summed E-state index contributed by atoms with van der Waals surface area (Å²) < 4.78 is 41.7. The lowest BCUT2D eigenvalue weighted by atomic mass is 9.85. The van der Waals surface area contributed by atoms with E-state index in [1.165, 1.54) is 12.1 Å². The molecule has 1 amide bonds. The molecule has 0 spiro atoms. The number of aliphatic imine (C=N–C) groups is 1. The largest absolute Gasteiger partial charge is 0.505 e. The first-order chi connectivity index (χ1) is 16.4. The number of nitrogens with zero attached hydrogens (tertiary/aromatic N) is 3. The number of amides is 1. The quantitative estimate of drug-likeness (QED) is 0.544. The topological polar surface area (TPSA) is 146 Å². The second-order valence-electron chi connectivity index (χ2n) is 9.44. The third-order valence-corrected chi connectivity index (χ3v) is 6.46. The summed E-state index contributed by atoms with van der Waals surface area (Å²) in [6, 6.07) is 7.71. The van der Waals surface area contributed by atoms with Crippen molar-refractivity contribution in [3.8, 4) is 5.75 Å². The molecule has 188 valence electrons. The summed E-state index contributed by atoms with van der Waals surface area (Å²) in [7, 11) is -4.05. The van der Waals surface area contributed by atoms with Gasteiger partial charge in [0.15, 0.2) is 17.4 Å². The van der Waals surface area contributed by atoms with Gasteiger partial charge in [0.25, 0.3) is 5.91 Å². The van der Waals surface area contributed by atoms with E-state index in [0.717, 1.165) is 0 Å². The van der Waals surface area contributed by atoms with Crippen LogP contribution in [0.3, 0.4) is 0 Å². The molecule has 1 saturated heterocycles. The summed E-state index contributed by atoms with van der Waals surface area (Å²) in [5.74, 6) is 0.499. The lowest BCUT2D eigenvalue weighted by molar-refractivity contribution is 0.0301. The zero-order valence-electron chi connectivity index (χ0n) is 20.0. The molecule has 3 N–H and O–H groups in total. The maximum atomic E-state index is 12.9. The van der Waals surface area contributed by atoms with E-state index in [1.54, 1.807) is 17.0 Å². The highest BCUT2D eigenvalue weighted by Crippen LogP contribution is 2.37. The Labute approximate surface area is 204 Å². The molecule has 1 aromatic heterocycles. The molecule has 1 atom stereocenters. The molecule has 35 heavy (non-hydrogen) atoms. The highest BCUT2D eigenvalue weighted by atomic mass is 32.2. The van der Waals surface area contributed by atoms with Crippen molar-refractivity contribution in [2.45, 2.75) is 33.7 Å². The Morgan fingerprint density at radius 3 is 2.57 bits per heavy atom. The standard InChI is InChI=1S/C23H29N5O6S/c1-14-8-9-17(34-14)19(23(2,3)4)25-21-20(26-35(31,32)27-21)24-16-7-5-6-15(18(16)29)22(30)28-10-12-33-13-11-28/h5-9,19,29H,10-13H2,1-4H3,(H,24,26)(H,25,27). The number of amidine groups is 2. The number of rotatable bonds is 4. The van der Waals surface area contributed by atoms with Gasteiger partial charge in [0.1, 0.15) is 17.6 Å². The summed E-state index contributed by atoms with van der Waals surface area (Å²) in [5, 5.41) is 13.7. The van der Waals surface area contributed by atoms with Crippen LogP contribution in [0.1, 0.15) is 48.7 Å². The SMILES string of the molecule is Cc1ccc(C(N=C2NS(=O)(=O)N=C2Nc2cccc(C(=O)N3CCOCC3)c2O)C(C)(C)C)o1. The van der Waals surface area contributed by atoms with Gasteiger partial charge in [-0.05, 0) is 36.6 Å². The fourth-order valence-corrected chi connectivity index (χ4v) is 4.63. The molecule has 1 aromatic carbocycles. The zero-order valence-corrected chi connectivity index (χ0v) is 20.8. The van der Waals surface area contributed by atoms with Crippen molar-refractivity contribution < 1.29 is 27.5 Å². The third-order valence-electron chi connectivity index (χ3n) is 5.59. The second kappa shape index (κ2) is 9.34. The van der Waals surface area contributed by atoms with E-state index in [9.17, 15) is 18.3 Å². The van der Waals surface area contributed by atoms with Gasteiger partial charge in [-0.15, -0.1) is 4.40 Å². The number of hydrogen-bond donors (Lipinski definition) is 3. The number of phenolic OH excluding ortho intramolecular Hbond substituents is 1. The Morgan fingerprint density at radius 1 is 1.23 bits per heavy atom. The van der Waals surface area contributed by atoms with E-state index in [-0.39, 0.29) is 34.6 Å². The van der Waals surface area contributed by atoms with Crippen molar-refractivity contribution in [3.05, 3.63) is 47.4 Å². The number of hydrogen-bond acceptors (Lipinski definition) is 8. The lowest BCUT2D eigenvalue weighted by Gasteiger charge is -2.27. The van der Waals surface area contributed by atoms with Crippen LogP contribution in [-0.2, 0) is 14.9 Å². The third kappa shape index (κ3) is 5.49. The number of benzene rings is 1. The van der Waals surface area contributed by atoms with Gasteiger partial charge in [-0.2, -0.15) is 8.42 Å². The van der Waals surface area contributed by atoms with Gasteiger partial charge >= 0.3 is 10.2 Å². The maximum Gasteiger partial charge on any atom is 0.345 e. The number of anilines is 1. The van der Waals surface area contributed by atoms with Crippen molar-refractivity contribution in [1.82, 2.24) is 9.62 Å². The summed E-state index contributed by atoms with van der Waals surface area (Å²) in [5.41, 5.74) is -0.206. The van der Waals surface area contributed by atoms with Crippen molar-refractivity contribution in [2.75, 3.05) is 31.6 Å². The molecule has 1 fully saturated rings. The van der Waals surface area contributed by atoms with Crippen molar-refractivity contribution in [1.29, 1.82) is 0 Å². The normalized spacial score (nSPS) is 19.8. The predicted octanol–water partition coefficient (Wildman–Crippen LogP) is 2.61. The molecule has 12 heteroatoms. The van der Waals surface area contributed by atoms with Crippen molar-refractivity contribution in [2.24, 2.45) is 14.8 Å². The minimum atomic E-state index is -4.05. The van der Waals surface area contributed by atoms with Gasteiger partial charge < -0.3 is 24.5 Å². The average Bonchev–Trinajstić information content (AvgIpc) is 3.34. The van der Waals surface area contributed by atoms with E-state index in [1.807, 2.05) is 33.8 Å². The van der Waals surface area contributed by atoms with Gasteiger partial charge in [-0.3, -0.25) is 9.79 Å². The smallest absolute Gasteiger partial charge is 0.345 e. The fraction of sp³-hybridized carbons (Fsp3) is 0.435. The van der Waals surface area contributed by atoms with Crippen LogP contribution < -0.4 is 10.0 Å². The molecule has 0 radical (unpaired) electrons. The number of aryl methyl sites for hydroxylation is 1. The Balaban J connectivity index is 1.66. The van der Waals surface area contributed by atoms with E-state index in [0.29, 0.717) is 37.8 Å². The molecular weight excluding hydrogens is 474 g/mol. The van der Waals surface area contributed by atoms with E-state index >= 15 is 0 Å². The molecule has 3 heterocycles. The Hall–Kier alpha value is -3.38. The van der Waals surface area contributed by atoms with E-state index in [4.69, 9.17) is 9.15 Å². The van der Waals surface area contributed by atoms with Crippen LogP contribution in [0.2, 0.25) is 0 Å². The number of phenols is 1. The number of aromatic hydroxyl groups is 1. The van der Waals surface area contributed by atoms with Gasteiger partial charge in [0.05, 0.1) is 24.5 Å². The number of furan rings is 1. The Kier molecular flexibility index (Phi) is 6.60. The van der Waals surface area contributed by atoms with E-state index in [2.05, 4.69) is 19.4 Å².